The lowest BCUT2D eigenvalue weighted by atomic mass is 10.2. The Bertz CT molecular complexity index is 701. The van der Waals surface area contributed by atoms with Crippen molar-refractivity contribution in [1.82, 2.24) is 9.97 Å². The van der Waals surface area contributed by atoms with Crippen LogP contribution in [0.1, 0.15) is 5.56 Å². The van der Waals surface area contributed by atoms with Crippen molar-refractivity contribution in [2.45, 2.75) is 6.61 Å². The van der Waals surface area contributed by atoms with Crippen molar-refractivity contribution in [3.8, 4) is 6.01 Å². The summed E-state index contributed by atoms with van der Waals surface area (Å²) in [4.78, 5) is 7.79. The summed E-state index contributed by atoms with van der Waals surface area (Å²) in [5.41, 5.74) is 0.959. The highest BCUT2D eigenvalue weighted by Gasteiger charge is 2.11. The molecular weight excluding hydrogens is 295 g/mol. The van der Waals surface area contributed by atoms with Gasteiger partial charge in [0.15, 0.2) is 11.6 Å². The fourth-order valence-electron chi connectivity index (χ4n) is 1.67. The molecule has 0 amide bonds. The molecule has 1 aromatic carbocycles. The fraction of sp³-hybridized carbons (Fsp3) is 0.0588. The molecule has 0 radical (unpaired) electrons. The van der Waals surface area contributed by atoms with Gasteiger partial charge in [0.25, 0.3) is 0 Å². The summed E-state index contributed by atoms with van der Waals surface area (Å²) in [5.74, 6) is 5.04. The second kappa shape index (κ2) is 8.45. The Morgan fingerprint density at radius 3 is 2.74 bits per heavy atom. The molecule has 0 saturated carbocycles. The number of aromatic nitrogens is 2. The van der Waals surface area contributed by atoms with E-state index in [4.69, 9.17) is 10.6 Å². The van der Waals surface area contributed by atoms with Crippen molar-refractivity contribution in [2.24, 2.45) is 5.84 Å². The topological polar surface area (TPSA) is 64.3 Å². The molecule has 0 aliphatic carbocycles. The van der Waals surface area contributed by atoms with Gasteiger partial charge in [-0.05, 0) is 11.6 Å². The average Bonchev–Trinajstić information content (AvgIpc) is 2.58. The van der Waals surface area contributed by atoms with Crippen LogP contribution in [0.4, 0.5) is 10.2 Å². The van der Waals surface area contributed by atoms with Crippen LogP contribution in [0.15, 0.2) is 73.6 Å². The summed E-state index contributed by atoms with van der Waals surface area (Å²) in [7, 11) is 0. The third-order valence-electron chi connectivity index (χ3n) is 2.76. The van der Waals surface area contributed by atoms with E-state index in [2.05, 4.69) is 16.5 Å². The van der Waals surface area contributed by atoms with Gasteiger partial charge in [-0.25, -0.2) is 15.2 Å². The monoisotopic (exact) mass is 312 g/mol. The molecular formula is C17H17FN4O. The van der Waals surface area contributed by atoms with Crippen LogP contribution in [-0.2, 0) is 6.61 Å². The van der Waals surface area contributed by atoms with E-state index in [0.717, 1.165) is 16.8 Å². The highest BCUT2D eigenvalue weighted by molar-refractivity contribution is 5.41. The standard InChI is InChI=1S/C17H17FN4O/c1-2-3-4-8-11-22(19)16-15(18)12-20-17(21-16)23-13-14-9-6-5-7-10-14/h2-12H,1,13,19H2/b4-3-,11-8+. The molecule has 2 rings (SSSR count). The Morgan fingerprint density at radius 2 is 2.00 bits per heavy atom. The third-order valence-corrected chi connectivity index (χ3v) is 2.76. The third kappa shape index (κ3) is 5.05. The number of halogens is 1. The Morgan fingerprint density at radius 1 is 1.22 bits per heavy atom. The summed E-state index contributed by atoms with van der Waals surface area (Å²) in [6.45, 7) is 3.83. The van der Waals surface area contributed by atoms with Gasteiger partial charge in [-0.1, -0.05) is 55.1 Å². The van der Waals surface area contributed by atoms with Gasteiger partial charge in [-0.3, -0.25) is 5.01 Å². The largest absolute Gasteiger partial charge is 0.459 e. The minimum absolute atomic E-state index is 0.0516. The van der Waals surface area contributed by atoms with E-state index in [0.29, 0.717) is 0 Å². The van der Waals surface area contributed by atoms with Gasteiger partial charge in [0, 0.05) is 6.20 Å². The van der Waals surface area contributed by atoms with Gasteiger partial charge in [0.2, 0.25) is 0 Å². The predicted molar refractivity (Wildman–Crippen MR) is 87.9 cm³/mol. The van der Waals surface area contributed by atoms with E-state index in [1.807, 2.05) is 30.3 Å². The lowest BCUT2D eigenvalue weighted by Crippen LogP contribution is -2.26. The molecule has 118 valence electrons. The van der Waals surface area contributed by atoms with Crippen molar-refractivity contribution in [3.05, 3.63) is 85.0 Å². The van der Waals surface area contributed by atoms with E-state index in [1.54, 1.807) is 24.3 Å². The zero-order chi connectivity index (χ0) is 16.5. The first-order valence-corrected chi connectivity index (χ1v) is 6.90. The quantitative estimate of drug-likeness (QED) is 0.483. The number of rotatable bonds is 7. The average molecular weight is 312 g/mol. The van der Waals surface area contributed by atoms with Crippen molar-refractivity contribution in [2.75, 3.05) is 5.01 Å². The van der Waals surface area contributed by atoms with Gasteiger partial charge in [0.1, 0.15) is 6.61 Å². The van der Waals surface area contributed by atoms with Crippen LogP contribution < -0.4 is 15.6 Å². The predicted octanol–water partition coefficient (Wildman–Crippen LogP) is 3.13. The summed E-state index contributed by atoms with van der Waals surface area (Å²) in [6, 6.07) is 9.59. The summed E-state index contributed by atoms with van der Waals surface area (Å²) in [5, 5.41) is 1.06. The zero-order valence-corrected chi connectivity index (χ0v) is 12.5. The minimum Gasteiger partial charge on any atom is -0.459 e. The van der Waals surface area contributed by atoms with Crippen LogP contribution >= 0.6 is 0 Å². The molecule has 0 aliphatic rings. The van der Waals surface area contributed by atoms with E-state index in [1.165, 1.54) is 6.20 Å². The Balaban J connectivity index is 2.07. The summed E-state index contributed by atoms with van der Waals surface area (Å²) < 4.78 is 19.2. The van der Waals surface area contributed by atoms with E-state index >= 15 is 0 Å². The number of anilines is 1. The number of allylic oxidation sites excluding steroid dienone is 4. The molecule has 0 atom stereocenters. The van der Waals surface area contributed by atoms with Gasteiger partial charge in [-0.2, -0.15) is 4.98 Å². The SMILES string of the molecule is C=C/C=C\C=C\N(N)c1nc(OCc2ccccc2)ncc1F. The molecule has 2 aromatic rings. The number of hydrogen-bond acceptors (Lipinski definition) is 5. The number of benzene rings is 1. The lowest BCUT2D eigenvalue weighted by molar-refractivity contribution is 0.279. The van der Waals surface area contributed by atoms with Crippen molar-refractivity contribution >= 4 is 5.82 Å². The molecule has 0 spiro atoms. The molecule has 5 nitrogen and oxygen atoms in total. The normalized spacial score (nSPS) is 11.0. The van der Waals surface area contributed by atoms with Crippen molar-refractivity contribution in [3.63, 3.8) is 0 Å². The van der Waals surface area contributed by atoms with E-state index < -0.39 is 5.82 Å². The molecule has 0 unspecified atom stereocenters. The molecule has 0 fully saturated rings. The zero-order valence-electron chi connectivity index (χ0n) is 12.5. The van der Waals surface area contributed by atoms with Crippen LogP contribution in [-0.4, -0.2) is 9.97 Å². The second-order valence-corrected chi connectivity index (χ2v) is 4.47. The Labute approximate surface area is 134 Å². The van der Waals surface area contributed by atoms with Crippen LogP contribution in [0.25, 0.3) is 0 Å². The second-order valence-electron chi connectivity index (χ2n) is 4.47. The first-order chi connectivity index (χ1) is 11.2. The molecule has 1 heterocycles. The van der Waals surface area contributed by atoms with Crippen molar-refractivity contribution < 1.29 is 9.13 Å². The van der Waals surface area contributed by atoms with Crippen LogP contribution in [0.2, 0.25) is 0 Å². The van der Waals surface area contributed by atoms with Gasteiger partial charge >= 0.3 is 6.01 Å². The maximum atomic E-state index is 13.8. The molecule has 0 saturated heterocycles. The Kier molecular flexibility index (Phi) is 6.02. The maximum Gasteiger partial charge on any atom is 0.318 e. The summed E-state index contributed by atoms with van der Waals surface area (Å²) >= 11 is 0. The minimum atomic E-state index is -0.642. The molecule has 0 aliphatic heterocycles. The number of hydrazine groups is 1. The highest BCUT2D eigenvalue weighted by atomic mass is 19.1. The van der Waals surface area contributed by atoms with Crippen molar-refractivity contribution in [1.29, 1.82) is 0 Å². The smallest absolute Gasteiger partial charge is 0.318 e. The molecule has 23 heavy (non-hydrogen) atoms. The van der Waals surface area contributed by atoms with Crippen LogP contribution in [0.5, 0.6) is 6.01 Å². The number of ether oxygens (including phenoxy) is 1. The van der Waals surface area contributed by atoms with Gasteiger partial charge in [-0.15, -0.1) is 0 Å². The van der Waals surface area contributed by atoms with Crippen LogP contribution in [0.3, 0.4) is 0 Å². The molecule has 6 heteroatoms. The van der Waals surface area contributed by atoms with E-state index in [9.17, 15) is 4.39 Å². The molecule has 1 aromatic heterocycles. The van der Waals surface area contributed by atoms with Gasteiger partial charge < -0.3 is 4.74 Å². The maximum absolute atomic E-state index is 13.8. The number of hydrogen-bond donors (Lipinski definition) is 1. The highest BCUT2D eigenvalue weighted by Crippen LogP contribution is 2.17. The first kappa shape index (κ1) is 16.4. The molecule has 2 N–H and O–H groups in total. The number of nitrogens with two attached hydrogens (primary N) is 1. The number of nitrogens with zero attached hydrogens (tertiary/aromatic N) is 3. The fourth-order valence-corrected chi connectivity index (χ4v) is 1.67. The van der Waals surface area contributed by atoms with E-state index in [-0.39, 0.29) is 18.4 Å². The van der Waals surface area contributed by atoms with Gasteiger partial charge in [0.05, 0.1) is 6.20 Å². The lowest BCUT2D eigenvalue weighted by Gasteiger charge is -2.13. The first-order valence-electron chi connectivity index (χ1n) is 6.90. The molecule has 0 bridgehead atoms. The van der Waals surface area contributed by atoms with Crippen LogP contribution in [0, 0.1) is 5.82 Å². The Hall–Kier alpha value is -2.99. The summed E-state index contributed by atoms with van der Waals surface area (Å²) in [6.07, 6.45) is 9.16.